The number of hydrogen-bond acceptors (Lipinski definition) is 3. The standard InChI is InChI=1S/C16H21NO3S/c1-16(2)13-10-14(12(8-9-18)15(13)16)17-21(19,20)11-6-4-3-5-7-11/h3-7,9,12-15,17H,8,10H2,1-2H3/t12-,13+,14+,15-/m1/s1. The lowest BCUT2D eigenvalue weighted by atomic mass is 9.88. The zero-order chi connectivity index (χ0) is 15.3. The van der Waals surface area contributed by atoms with E-state index in [9.17, 15) is 13.2 Å². The third-order valence-electron chi connectivity index (χ3n) is 5.35. The molecule has 5 heteroatoms. The van der Waals surface area contributed by atoms with Crippen molar-refractivity contribution in [2.75, 3.05) is 0 Å². The van der Waals surface area contributed by atoms with Gasteiger partial charge in [-0.1, -0.05) is 32.0 Å². The molecule has 1 aromatic carbocycles. The number of fused-ring (bicyclic) bond motifs is 1. The maximum absolute atomic E-state index is 12.4. The van der Waals surface area contributed by atoms with Crippen molar-refractivity contribution in [1.82, 2.24) is 4.72 Å². The number of hydrogen-bond donors (Lipinski definition) is 1. The van der Waals surface area contributed by atoms with Crippen LogP contribution >= 0.6 is 0 Å². The Morgan fingerprint density at radius 2 is 1.95 bits per heavy atom. The van der Waals surface area contributed by atoms with Gasteiger partial charge in [0.05, 0.1) is 4.90 Å². The lowest BCUT2D eigenvalue weighted by molar-refractivity contribution is -0.108. The van der Waals surface area contributed by atoms with E-state index < -0.39 is 10.0 Å². The molecule has 4 nitrogen and oxygen atoms in total. The lowest BCUT2D eigenvalue weighted by Gasteiger charge is -2.26. The number of aldehydes is 1. The number of rotatable bonds is 5. The molecule has 114 valence electrons. The topological polar surface area (TPSA) is 63.2 Å². The van der Waals surface area contributed by atoms with Gasteiger partial charge in [0.25, 0.3) is 0 Å². The van der Waals surface area contributed by atoms with Crippen LogP contribution in [0.25, 0.3) is 0 Å². The van der Waals surface area contributed by atoms with Gasteiger partial charge in [0.15, 0.2) is 0 Å². The molecule has 0 saturated heterocycles. The summed E-state index contributed by atoms with van der Waals surface area (Å²) in [5.41, 5.74) is 0.252. The second-order valence-corrected chi connectivity index (χ2v) is 8.51. The van der Waals surface area contributed by atoms with Crippen molar-refractivity contribution in [2.24, 2.45) is 23.2 Å². The van der Waals surface area contributed by atoms with Crippen molar-refractivity contribution >= 4 is 16.3 Å². The van der Waals surface area contributed by atoms with Crippen LogP contribution in [0, 0.1) is 23.2 Å². The van der Waals surface area contributed by atoms with E-state index in [1.165, 1.54) is 0 Å². The highest BCUT2D eigenvalue weighted by molar-refractivity contribution is 7.89. The van der Waals surface area contributed by atoms with Crippen LogP contribution in [0.15, 0.2) is 35.2 Å². The minimum Gasteiger partial charge on any atom is -0.303 e. The van der Waals surface area contributed by atoms with Gasteiger partial charge in [0.1, 0.15) is 6.29 Å². The number of carbonyl (C=O) groups excluding carboxylic acids is 1. The fourth-order valence-electron chi connectivity index (χ4n) is 4.21. The van der Waals surface area contributed by atoms with Crippen LogP contribution in [0.4, 0.5) is 0 Å². The van der Waals surface area contributed by atoms with Crippen LogP contribution in [-0.2, 0) is 14.8 Å². The van der Waals surface area contributed by atoms with Crippen LogP contribution in [0.5, 0.6) is 0 Å². The van der Waals surface area contributed by atoms with Gasteiger partial charge >= 0.3 is 0 Å². The quantitative estimate of drug-likeness (QED) is 0.848. The Hall–Kier alpha value is -1.20. The highest BCUT2D eigenvalue weighted by Crippen LogP contribution is 2.69. The Morgan fingerprint density at radius 3 is 2.57 bits per heavy atom. The predicted octanol–water partition coefficient (Wildman–Crippen LogP) is 2.21. The van der Waals surface area contributed by atoms with E-state index in [1.54, 1.807) is 30.3 Å². The van der Waals surface area contributed by atoms with E-state index in [0.29, 0.717) is 18.3 Å². The molecule has 21 heavy (non-hydrogen) atoms. The first-order chi connectivity index (χ1) is 9.88. The normalized spacial score (nSPS) is 33.4. The van der Waals surface area contributed by atoms with E-state index in [0.717, 1.165) is 12.7 Å². The van der Waals surface area contributed by atoms with Crippen LogP contribution in [-0.4, -0.2) is 20.7 Å². The lowest BCUT2D eigenvalue weighted by Crippen LogP contribution is -2.40. The van der Waals surface area contributed by atoms with Crippen molar-refractivity contribution in [3.8, 4) is 0 Å². The molecule has 0 aromatic heterocycles. The van der Waals surface area contributed by atoms with E-state index in [4.69, 9.17) is 0 Å². The molecule has 2 fully saturated rings. The van der Waals surface area contributed by atoms with Gasteiger partial charge in [0.2, 0.25) is 10.0 Å². The summed E-state index contributed by atoms with van der Waals surface area (Å²) < 4.78 is 27.7. The molecule has 0 unspecified atom stereocenters. The first kappa shape index (κ1) is 14.7. The predicted molar refractivity (Wildman–Crippen MR) is 80.1 cm³/mol. The molecule has 3 rings (SSSR count). The van der Waals surface area contributed by atoms with Gasteiger partial charge in [-0.2, -0.15) is 0 Å². The molecule has 1 aromatic rings. The molecule has 0 amide bonds. The van der Waals surface area contributed by atoms with Gasteiger partial charge in [-0.25, -0.2) is 13.1 Å². The van der Waals surface area contributed by atoms with Crippen LogP contribution in [0.1, 0.15) is 26.7 Å². The van der Waals surface area contributed by atoms with Crippen LogP contribution in [0.2, 0.25) is 0 Å². The summed E-state index contributed by atoms with van der Waals surface area (Å²) in [6.45, 7) is 4.42. The highest BCUT2D eigenvalue weighted by Gasteiger charge is 2.66. The average Bonchev–Trinajstić information content (AvgIpc) is 2.79. The first-order valence-electron chi connectivity index (χ1n) is 7.39. The van der Waals surface area contributed by atoms with Crippen LogP contribution in [0.3, 0.4) is 0 Å². The zero-order valence-corrected chi connectivity index (χ0v) is 13.1. The molecular weight excluding hydrogens is 286 g/mol. The molecule has 2 aliphatic carbocycles. The van der Waals surface area contributed by atoms with Gasteiger partial charge < -0.3 is 4.79 Å². The fourth-order valence-corrected chi connectivity index (χ4v) is 5.53. The summed E-state index contributed by atoms with van der Waals surface area (Å²) in [4.78, 5) is 11.2. The van der Waals surface area contributed by atoms with Crippen molar-refractivity contribution in [3.63, 3.8) is 0 Å². The third-order valence-corrected chi connectivity index (χ3v) is 6.86. The van der Waals surface area contributed by atoms with Crippen molar-refractivity contribution < 1.29 is 13.2 Å². The molecule has 0 radical (unpaired) electrons. The Bertz CT molecular complexity index is 639. The summed E-state index contributed by atoms with van der Waals surface area (Å²) in [7, 11) is -3.50. The smallest absolute Gasteiger partial charge is 0.240 e. The average molecular weight is 307 g/mol. The van der Waals surface area contributed by atoms with E-state index >= 15 is 0 Å². The molecule has 0 bridgehead atoms. The third kappa shape index (κ3) is 2.42. The number of benzene rings is 1. The van der Waals surface area contributed by atoms with Gasteiger partial charge in [-0.05, 0) is 41.7 Å². The maximum Gasteiger partial charge on any atom is 0.240 e. The van der Waals surface area contributed by atoms with E-state index in [1.807, 2.05) is 0 Å². The molecular formula is C16H21NO3S. The molecule has 1 N–H and O–H groups in total. The SMILES string of the molecule is CC1(C)[C@@H]2[C@H](CC=O)[C@@H](NS(=O)(=O)c3ccccc3)C[C@@H]21. The Labute approximate surface area is 126 Å². The van der Waals surface area contributed by atoms with Gasteiger partial charge in [0, 0.05) is 12.5 Å². The summed E-state index contributed by atoms with van der Waals surface area (Å²) in [5.74, 6) is 1.12. The Kier molecular flexibility index (Phi) is 3.45. The maximum atomic E-state index is 12.4. The summed E-state index contributed by atoms with van der Waals surface area (Å²) >= 11 is 0. The van der Waals surface area contributed by atoms with E-state index in [2.05, 4.69) is 18.6 Å². The van der Waals surface area contributed by atoms with Crippen LogP contribution < -0.4 is 4.72 Å². The minimum atomic E-state index is -3.50. The molecule has 0 spiro atoms. The minimum absolute atomic E-state index is 0.122. The van der Waals surface area contributed by atoms with Crippen molar-refractivity contribution in [2.45, 2.75) is 37.6 Å². The molecule has 0 heterocycles. The Balaban J connectivity index is 1.78. The Morgan fingerprint density at radius 1 is 1.29 bits per heavy atom. The summed E-state index contributed by atoms with van der Waals surface area (Å²) in [6.07, 6.45) is 2.19. The first-order valence-corrected chi connectivity index (χ1v) is 8.87. The second-order valence-electron chi connectivity index (χ2n) is 6.80. The number of sulfonamides is 1. The highest BCUT2D eigenvalue weighted by atomic mass is 32.2. The van der Waals surface area contributed by atoms with Crippen molar-refractivity contribution in [1.29, 1.82) is 0 Å². The monoisotopic (exact) mass is 307 g/mol. The molecule has 0 aliphatic heterocycles. The number of nitrogens with one attached hydrogen (secondary N) is 1. The largest absolute Gasteiger partial charge is 0.303 e. The summed E-state index contributed by atoms with van der Waals surface area (Å²) in [6, 6.07) is 8.29. The molecule has 2 saturated carbocycles. The summed E-state index contributed by atoms with van der Waals surface area (Å²) in [5, 5.41) is 0. The second kappa shape index (κ2) is 4.92. The fraction of sp³-hybridized carbons (Fsp3) is 0.562. The van der Waals surface area contributed by atoms with Crippen molar-refractivity contribution in [3.05, 3.63) is 30.3 Å². The van der Waals surface area contributed by atoms with Gasteiger partial charge in [-0.3, -0.25) is 0 Å². The molecule has 2 aliphatic rings. The van der Waals surface area contributed by atoms with Gasteiger partial charge in [-0.15, -0.1) is 0 Å². The number of carbonyl (C=O) groups is 1. The molecule has 4 atom stereocenters. The zero-order valence-electron chi connectivity index (χ0n) is 12.3. The van der Waals surface area contributed by atoms with E-state index in [-0.39, 0.29) is 22.3 Å².